The minimum absolute atomic E-state index is 0.00462. The van der Waals surface area contributed by atoms with Crippen LogP contribution in [0.25, 0.3) is 11.4 Å². The van der Waals surface area contributed by atoms with E-state index in [-0.39, 0.29) is 18.4 Å². The molecule has 1 aliphatic heterocycles. The number of likely N-dealkylation sites (tertiary alicyclic amines) is 1. The van der Waals surface area contributed by atoms with Crippen molar-refractivity contribution >= 4 is 17.5 Å². The van der Waals surface area contributed by atoms with E-state index in [0.29, 0.717) is 18.3 Å². The highest BCUT2D eigenvalue weighted by molar-refractivity contribution is 6.31. The minimum Gasteiger partial charge on any atom is -0.497 e. The first kappa shape index (κ1) is 21.3. The van der Waals surface area contributed by atoms with Crippen LogP contribution >= 0.6 is 11.6 Å². The van der Waals surface area contributed by atoms with Crippen molar-refractivity contribution in [2.24, 2.45) is 5.92 Å². The molecule has 1 N–H and O–H groups in total. The van der Waals surface area contributed by atoms with Crippen molar-refractivity contribution in [2.45, 2.75) is 25.9 Å². The number of nitrogens with zero attached hydrogens (tertiary/aromatic N) is 3. The lowest BCUT2D eigenvalue weighted by Crippen LogP contribution is -2.42. The van der Waals surface area contributed by atoms with Gasteiger partial charge in [-0.2, -0.15) is 4.98 Å². The number of halogens is 1. The number of ether oxygens (including phenoxy) is 1. The fourth-order valence-electron chi connectivity index (χ4n) is 3.79. The maximum Gasteiger partial charge on any atom is 0.246 e. The maximum atomic E-state index is 12.7. The van der Waals surface area contributed by atoms with E-state index >= 15 is 0 Å². The van der Waals surface area contributed by atoms with Crippen LogP contribution in [0, 0.1) is 5.92 Å². The summed E-state index contributed by atoms with van der Waals surface area (Å²) in [5.74, 6) is 1.49. The Kier molecular flexibility index (Phi) is 6.84. The van der Waals surface area contributed by atoms with Crippen LogP contribution < -0.4 is 10.1 Å². The Morgan fingerprint density at radius 2 is 2.16 bits per heavy atom. The number of methoxy groups -OCH3 is 1. The largest absolute Gasteiger partial charge is 0.497 e. The fourth-order valence-corrected chi connectivity index (χ4v) is 3.99. The average molecular weight is 441 g/mol. The molecule has 2 heterocycles. The van der Waals surface area contributed by atoms with Gasteiger partial charge in [0.25, 0.3) is 0 Å². The molecule has 1 aromatic heterocycles. The van der Waals surface area contributed by atoms with E-state index in [9.17, 15) is 4.79 Å². The highest BCUT2D eigenvalue weighted by atomic mass is 35.5. The summed E-state index contributed by atoms with van der Waals surface area (Å²) in [4.78, 5) is 19.4. The standard InChI is InChI=1S/C23H25ClN4O3/c1-30-19-9-4-7-16(12-19)22-26-21(31-27-22)13-25-23(29)18-8-5-11-28(15-18)14-17-6-2-3-10-20(17)24/h2-4,6-7,9-10,12,18H,5,8,11,13-15H2,1H3,(H,25,29). The van der Waals surface area contributed by atoms with Crippen LogP contribution in [0.1, 0.15) is 24.3 Å². The van der Waals surface area contributed by atoms with Crippen molar-refractivity contribution in [3.05, 3.63) is 65.0 Å². The summed E-state index contributed by atoms with van der Waals surface area (Å²) in [6.45, 7) is 2.62. The molecule has 8 heteroatoms. The van der Waals surface area contributed by atoms with Crippen LogP contribution in [0.15, 0.2) is 53.1 Å². The summed E-state index contributed by atoms with van der Waals surface area (Å²) in [7, 11) is 1.61. The lowest BCUT2D eigenvalue weighted by Gasteiger charge is -2.32. The minimum atomic E-state index is -0.0722. The van der Waals surface area contributed by atoms with Gasteiger partial charge in [0.1, 0.15) is 5.75 Å². The zero-order valence-corrected chi connectivity index (χ0v) is 18.1. The van der Waals surface area contributed by atoms with E-state index in [2.05, 4.69) is 20.4 Å². The van der Waals surface area contributed by atoms with E-state index < -0.39 is 0 Å². The second kappa shape index (κ2) is 9.94. The average Bonchev–Trinajstić information content (AvgIpc) is 3.28. The van der Waals surface area contributed by atoms with E-state index in [1.807, 2.05) is 48.5 Å². The van der Waals surface area contributed by atoms with Crippen LogP contribution in [-0.4, -0.2) is 41.1 Å². The number of benzene rings is 2. The molecule has 0 saturated carbocycles. The van der Waals surface area contributed by atoms with Crippen molar-refractivity contribution in [1.82, 2.24) is 20.4 Å². The first-order chi connectivity index (χ1) is 15.1. The predicted molar refractivity (Wildman–Crippen MR) is 118 cm³/mol. The molecule has 7 nitrogen and oxygen atoms in total. The highest BCUT2D eigenvalue weighted by Gasteiger charge is 2.26. The SMILES string of the molecule is COc1cccc(-c2noc(CNC(=O)C3CCCN(Cc4ccccc4Cl)C3)n2)c1. The van der Waals surface area contributed by atoms with E-state index in [0.717, 1.165) is 47.8 Å². The van der Waals surface area contributed by atoms with Gasteiger partial charge in [-0.3, -0.25) is 9.69 Å². The van der Waals surface area contributed by atoms with Crippen LogP contribution in [0.3, 0.4) is 0 Å². The number of hydrogen-bond donors (Lipinski definition) is 1. The lowest BCUT2D eigenvalue weighted by molar-refractivity contribution is -0.127. The maximum absolute atomic E-state index is 12.7. The first-order valence-corrected chi connectivity index (χ1v) is 10.7. The molecule has 1 aliphatic rings. The number of hydrogen-bond acceptors (Lipinski definition) is 6. The molecule has 4 rings (SSSR count). The Balaban J connectivity index is 1.31. The molecular formula is C23H25ClN4O3. The third kappa shape index (κ3) is 5.42. The first-order valence-electron chi connectivity index (χ1n) is 10.3. The smallest absolute Gasteiger partial charge is 0.246 e. The molecule has 2 aromatic carbocycles. The molecule has 1 atom stereocenters. The molecule has 1 amide bonds. The summed E-state index contributed by atoms with van der Waals surface area (Å²) in [5, 5.41) is 7.71. The number of rotatable bonds is 7. The molecule has 3 aromatic rings. The summed E-state index contributed by atoms with van der Waals surface area (Å²) in [6, 6.07) is 15.3. The molecule has 162 valence electrons. The number of nitrogens with one attached hydrogen (secondary N) is 1. The number of carbonyl (C=O) groups is 1. The topological polar surface area (TPSA) is 80.5 Å². The van der Waals surface area contributed by atoms with Crippen molar-refractivity contribution in [2.75, 3.05) is 20.2 Å². The third-order valence-electron chi connectivity index (χ3n) is 5.44. The molecule has 0 radical (unpaired) electrons. The lowest BCUT2D eigenvalue weighted by atomic mass is 9.96. The van der Waals surface area contributed by atoms with Crippen LogP contribution in [0.4, 0.5) is 0 Å². The van der Waals surface area contributed by atoms with Gasteiger partial charge in [-0.15, -0.1) is 0 Å². The van der Waals surface area contributed by atoms with Crippen LogP contribution in [0.2, 0.25) is 5.02 Å². The molecule has 1 unspecified atom stereocenters. The number of carbonyl (C=O) groups excluding carboxylic acids is 1. The second-order valence-electron chi connectivity index (χ2n) is 7.63. The Labute approximate surface area is 186 Å². The Morgan fingerprint density at radius 3 is 3.00 bits per heavy atom. The normalized spacial score (nSPS) is 16.8. The number of piperidine rings is 1. The molecule has 31 heavy (non-hydrogen) atoms. The van der Waals surface area contributed by atoms with Gasteiger partial charge in [-0.25, -0.2) is 0 Å². The molecule has 0 bridgehead atoms. The van der Waals surface area contributed by atoms with E-state index in [1.165, 1.54) is 0 Å². The van der Waals surface area contributed by atoms with Gasteiger partial charge in [-0.05, 0) is 43.1 Å². The Bertz CT molecular complexity index is 1040. The van der Waals surface area contributed by atoms with Gasteiger partial charge in [0, 0.05) is 23.7 Å². The highest BCUT2D eigenvalue weighted by Crippen LogP contribution is 2.23. The predicted octanol–water partition coefficient (Wildman–Crippen LogP) is 3.93. The van der Waals surface area contributed by atoms with E-state index in [1.54, 1.807) is 7.11 Å². The Hall–Kier alpha value is -2.90. The third-order valence-corrected chi connectivity index (χ3v) is 5.81. The van der Waals surface area contributed by atoms with Gasteiger partial charge in [-0.1, -0.05) is 47.1 Å². The fraction of sp³-hybridized carbons (Fsp3) is 0.348. The molecule has 0 aliphatic carbocycles. The van der Waals surface area contributed by atoms with E-state index in [4.69, 9.17) is 20.9 Å². The summed E-state index contributed by atoms with van der Waals surface area (Å²) in [5.41, 5.74) is 1.88. The van der Waals surface area contributed by atoms with Crippen LogP contribution in [-0.2, 0) is 17.9 Å². The van der Waals surface area contributed by atoms with Crippen molar-refractivity contribution in [1.29, 1.82) is 0 Å². The van der Waals surface area contributed by atoms with Crippen molar-refractivity contribution in [3.63, 3.8) is 0 Å². The Morgan fingerprint density at radius 1 is 1.29 bits per heavy atom. The van der Waals surface area contributed by atoms with Gasteiger partial charge in [0.2, 0.25) is 17.6 Å². The van der Waals surface area contributed by atoms with Gasteiger partial charge in [0.05, 0.1) is 19.6 Å². The zero-order valence-electron chi connectivity index (χ0n) is 17.4. The van der Waals surface area contributed by atoms with Crippen LogP contribution in [0.5, 0.6) is 5.75 Å². The molecule has 1 saturated heterocycles. The summed E-state index contributed by atoms with van der Waals surface area (Å²) < 4.78 is 10.5. The van der Waals surface area contributed by atoms with Gasteiger partial charge in [0.15, 0.2) is 0 Å². The summed E-state index contributed by atoms with van der Waals surface area (Å²) in [6.07, 6.45) is 1.84. The van der Waals surface area contributed by atoms with Crippen molar-refractivity contribution in [3.8, 4) is 17.1 Å². The van der Waals surface area contributed by atoms with Gasteiger partial charge >= 0.3 is 0 Å². The monoisotopic (exact) mass is 440 g/mol. The number of amides is 1. The summed E-state index contributed by atoms with van der Waals surface area (Å²) >= 11 is 6.29. The molecule has 0 spiro atoms. The van der Waals surface area contributed by atoms with Crippen molar-refractivity contribution < 1.29 is 14.1 Å². The van der Waals surface area contributed by atoms with Gasteiger partial charge < -0.3 is 14.6 Å². The molecular weight excluding hydrogens is 416 g/mol. The molecule has 1 fully saturated rings. The zero-order chi connectivity index (χ0) is 21.6. The quantitative estimate of drug-likeness (QED) is 0.599. The second-order valence-corrected chi connectivity index (χ2v) is 8.03. The number of aromatic nitrogens is 2.